The number of nitrogens with zero attached hydrogens (tertiary/aromatic N) is 3. The molecule has 0 aliphatic rings. The molecule has 1 atom stereocenters. The smallest absolute Gasteiger partial charge is 0.251 e. The maximum atomic E-state index is 11.1. The summed E-state index contributed by atoms with van der Waals surface area (Å²) in [5, 5.41) is 4.70. The van der Waals surface area contributed by atoms with Crippen molar-refractivity contribution < 1.29 is 0 Å². The molecule has 0 aliphatic carbocycles. The van der Waals surface area contributed by atoms with Gasteiger partial charge in [0, 0.05) is 37.6 Å². The van der Waals surface area contributed by atoms with Crippen LogP contribution >= 0.6 is 11.8 Å². The van der Waals surface area contributed by atoms with Gasteiger partial charge in [0.25, 0.3) is 5.56 Å². The minimum absolute atomic E-state index is 0.0363. The number of H-pyrrole nitrogens is 1. The van der Waals surface area contributed by atoms with Gasteiger partial charge in [-0.3, -0.25) is 9.48 Å². The van der Waals surface area contributed by atoms with Gasteiger partial charge in [-0.15, -0.1) is 0 Å². The number of aryl methyl sites for hydroxylation is 1. The molecule has 0 saturated heterocycles. The topological polar surface area (TPSA) is 89.6 Å². The molecule has 6 nitrogen and oxygen atoms in total. The number of aromatic amines is 1. The predicted molar refractivity (Wildman–Crippen MR) is 65.7 cm³/mol. The van der Waals surface area contributed by atoms with Crippen LogP contribution in [-0.4, -0.2) is 26.3 Å². The molecule has 90 valence electrons. The Bertz CT molecular complexity index is 549. The fraction of sp³-hybridized carbons (Fsp3) is 0.300. The molecule has 0 fully saturated rings. The Morgan fingerprint density at radius 2 is 2.47 bits per heavy atom. The van der Waals surface area contributed by atoms with E-state index in [2.05, 4.69) is 15.1 Å². The van der Waals surface area contributed by atoms with E-state index in [1.165, 1.54) is 24.0 Å². The largest absolute Gasteiger partial charge is 0.329 e. The second-order valence-electron chi connectivity index (χ2n) is 3.53. The Morgan fingerprint density at radius 3 is 3.06 bits per heavy atom. The van der Waals surface area contributed by atoms with Crippen LogP contribution < -0.4 is 11.3 Å². The first-order chi connectivity index (χ1) is 8.19. The summed E-state index contributed by atoms with van der Waals surface area (Å²) in [5.74, 6) is 0. The van der Waals surface area contributed by atoms with Crippen molar-refractivity contribution >= 4 is 11.8 Å². The van der Waals surface area contributed by atoms with Gasteiger partial charge in [0.1, 0.15) is 0 Å². The van der Waals surface area contributed by atoms with E-state index in [-0.39, 0.29) is 10.8 Å². The Hall–Kier alpha value is -1.60. The van der Waals surface area contributed by atoms with Crippen LogP contribution in [0.4, 0.5) is 0 Å². The summed E-state index contributed by atoms with van der Waals surface area (Å²) < 4.78 is 1.72. The van der Waals surface area contributed by atoms with E-state index in [1.807, 2.05) is 13.2 Å². The Balaban J connectivity index is 2.18. The summed E-state index contributed by atoms with van der Waals surface area (Å²) in [6.07, 6.45) is 5.16. The molecule has 0 aliphatic heterocycles. The second kappa shape index (κ2) is 5.15. The zero-order chi connectivity index (χ0) is 12.3. The van der Waals surface area contributed by atoms with Crippen LogP contribution in [0.5, 0.6) is 0 Å². The van der Waals surface area contributed by atoms with E-state index < -0.39 is 0 Å². The average Bonchev–Trinajstić information content (AvgIpc) is 2.73. The van der Waals surface area contributed by atoms with E-state index in [9.17, 15) is 4.79 Å². The van der Waals surface area contributed by atoms with E-state index in [4.69, 9.17) is 5.73 Å². The molecular weight excluding hydrogens is 238 g/mol. The molecule has 0 aromatic carbocycles. The lowest BCUT2D eigenvalue weighted by atomic mass is 10.2. The van der Waals surface area contributed by atoms with Crippen molar-refractivity contribution in [3.8, 4) is 0 Å². The molecule has 7 heteroatoms. The SMILES string of the molecule is Cn1cc(C(CN)Sc2nccc(=O)[nH]2)cn1. The molecule has 2 heterocycles. The van der Waals surface area contributed by atoms with Gasteiger partial charge >= 0.3 is 0 Å². The van der Waals surface area contributed by atoms with Crippen molar-refractivity contribution in [1.29, 1.82) is 0 Å². The van der Waals surface area contributed by atoms with Crippen LogP contribution in [0.15, 0.2) is 34.6 Å². The fourth-order valence-corrected chi connectivity index (χ4v) is 2.31. The lowest BCUT2D eigenvalue weighted by Crippen LogP contribution is -2.11. The lowest BCUT2D eigenvalue weighted by Gasteiger charge is -2.10. The maximum Gasteiger partial charge on any atom is 0.251 e. The first kappa shape index (κ1) is 11.9. The number of hydrogen-bond acceptors (Lipinski definition) is 5. The average molecular weight is 251 g/mol. The van der Waals surface area contributed by atoms with Gasteiger partial charge in [-0.1, -0.05) is 11.8 Å². The van der Waals surface area contributed by atoms with E-state index in [0.717, 1.165) is 5.56 Å². The number of hydrogen-bond donors (Lipinski definition) is 2. The van der Waals surface area contributed by atoms with Gasteiger partial charge in [0.2, 0.25) is 0 Å². The summed E-state index contributed by atoms with van der Waals surface area (Å²) in [7, 11) is 1.85. The van der Waals surface area contributed by atoms with Crippen molar-refractivity contribution in [3.63, 3.8) is 0 Å². The number of nitrogens with one attached hydrogen (secondary N) is 1. The number of nitrogens with two attached hydrogens (primary N) is 1. The zero-order valence-electron chi connectivity index (χ0n) is 9.33. The van der Waals surface area contributed by atoms with Gasteiger partial charge in [-0.2, -0.15) is 5.10 Å². The maximum absolute atomic E-state index is 11.1. The Labute approximate surface area is 102 Å². The number of thioether (sulfide) groups is 1. The third kappa shape index (κ3) is 2.95. The summed E-state index contributed by atoms with van der Waals surface area (Å²) in [5.41, 5.74) is 6.58. The molecular formula is C10H13N5OS. The van der Waals surface area contributed by atoms with Crippen LogP contribution in [0.2, 0.25) is 0 Å². The predicted octanol–water partition coefficient (Wildman–Crippen LogP) is 0.295. The van der Waals surface area contributed by atoms with Gasteiger partial charge in [-0.25, -0.2) is 4.98 Å². The minimum Gasteiger partial charge on any atom is -0.329 e. The molecule has 3 N–H and O–H groups in total. The van der Waals surface area contributed by atoms with Crippen LogP contribution in [0, 0.1) is 0 Å². The van der Waals surface area contributed by atoms with Crippen molar-refractivity contribution in [3.05, 3.63) is 40.6 Å². The molecule has 1 unspecified atom stereocenters. The highest BCUT2D eigenvalue weighted by Gasteiger charge is 2.14. The van der Waals surface area contributed by atoms with Crippen LogP contribution in [-0.2, 0) is 7.05 Å². The molecule has 0 spiro atoms. The quantitative estimate of drug-likeness (QED) is 0.602. The van der Waals surface area contributed by atoms with Crippen molar-refractivity contribution in [1.82, 2.24) is 19.7 Å². The third-order valence-electron chi connectivity index (χ3n) is 2.21. The zero-order valence-corrected chi connectivity index (χ0v) is 10.1. The summed E-state index contributed by atoms with van der Waals surface area (Å²) in [4.78, 5) is 17.9. The highest BCUT2D eigenvalue weighted by Crippen LogP contribution is 2.31. The Kier molecular flexibility index (Phi) is 3.60. The normalized spacial score (nSPS) is 12.6. The molecule has 2 aromatic heterocycles. The van der Waals surface area contributed by atoms with E-state index in [1.54, 1.807) is 10.9 Å². The van der Waals surface area contributed by atoms with Crippen molar-refractivity contribution in [2.24, 2.45) is 12.8 Å². The van der Waals surface area contributed by atoms with Crippen LogP contribution in [0.1, 0.15) is 10.8 Å². The molecule has 0 radical (unpaired) electrons. The molecule has 17 heavy (non-hydrogen) atoms. The fourth-order valence-electron chi connectivity index (χ4n) is 1.41. The molecule has 2 aromatic rings. The molecule has 0 amide bonds. The summed E-state index contributed by atoms with van der Waals surface area (Å²) >= 11 is 1.42. The van der Waals surface area contributed by atoms with Crippen molar-refractivity contribution in [2.75, 3.05) is 6.54 Å². The minimum atomic E-state index is -0.163. The molecule has 2 rings (SSSR count). The van der Waals surface area contributed by atoms with Crippen molar-refractivity contribution in [2.45, 2.75) is 10.4 Å². The molecule has 0 bridgehead atoms. The van der Waals surface area contributed by atoms with Crippen LogP contribution in [0.3, 0.4) is 0 Å². The second-order valence-corrected chi connectivity index (χ2v) is 4.72. The van der Waals surface area contributed by atoms with E-state index >= 15 is 0 Å². The first-order valence-electron chi connectivity index (χ1n) is 5.09. The van der Waals surface area contributed by atoms with Crippen LogP contribution in [0.25, 0.3) is 0 Å². The third-order valence-corrected chi connectivity index (χ3v) is 3.39. The Morgan fingerprint density at radius 1 is 1.65 bits per heavy atom. The van der Waals surface area contributed by atoms with Gasteiger partial charge in [0.15, 0.2) is 5.16 Å². The first-order valence-corrected chi connectivity index (χ1v) is 5.97. The molecule has 0 saturated carbocycles. The standard InChI is InChI=1S/C10H13N5OS/c1-15-6-7(5-13-15)8(4-11)17-10-12-3-2-9(16)14-10/h2-3,5-6,8H,4,11H2,1H3,(H,12,14,16). The number of rotatable bonds is 4. The highest BCUT2D eigenvalue weighted by molar-refractivity contribution is 7.99. The monoisotopic (exact) mass is 251 g/mol. The van der Waals surface area contributed by atoms with E-state index in [0.29, 0.717) is 11.7 Å². The number of aromatic nitrogens is 4. The van der Waals surface area contributed by atoms with Gasteiger partial charge in [0.05, 0.1) is 11.4 Å². The summed E-state index contributed by atoms with van der Waals surface area (Å²) in [6.45, 7) is 0.453. The lowest BCUT2D eigenvalue weighted by molar-refractivity contribution is 0.766. The highest BCUT2D eigenvalue weighted by atomic mass is 32.2. The van der Waals surface area contributed by atoms with Gasteiger partial charge in [-0.05, 0) is 0 Å². The van der Waals surface area contributed by atoms with Gasteiger partial charge < -0.3 is 10.7 Å². The summed E-state index contributed by atoms with van der Waals surface area (Å²) in [6, 6.07) is 1.38.